The van der Waals surface area contributed by atoms with Crippen molar-refractivity contribution in [1.82, 2.24) is 9.97 Å². The molecule has 0 aliphatic heterocycles. The molecule has 0 aliphatic rings. The molecule has 0 saturated heterocycles. The van der Waals surface area contributed by atoms with Gasteiger partial charge in [-0.25, -0.2) is 4.98 Å². The monoisotopic (exact) mass is 267 g/mol. The summed E-state index contributed by atoms with van der Waals surface area (Å²) in [7, 11) is 0. The van der Waals surface area contributed by atoms with Crippen molar-refractivity contribution in [2.75, 3.05) is 11.9 Å². The van der Waals surface area contributed by atoms with E-state index < -0.39 is 16.9 Å². The first-order chi connectivity index (χ1) is 8.70. The number of anilines is 1. The molecule has 6 nitrogen and oxygen atoms in total. The maximum absolute atomic E-state index is 11.3. The Kier molecular flexibility index (Phi) is 4.34. The van der Waals surface area contributed by atoms with Crippen LogP contribution in [0.2, 0.25) is 0 Å². The van der Waals surface area contributed by atoms with Crippen molar-refractivity contribution < 1.29 is 14.6 Å². The summed E-state index contributed by atoms with van der Waals surface area (Å²) < 4.78 is 5.29. The number of carbonyl (C=O) groups is 1. The van der Waals surface area contributed by atoms with Crippen LogP contribution in [-0.2, 0) is 4.79 Å². The molecule has 0 atom stereocenters. The van der Waals surface area contributed by atoms with E-state index in [2.05, 4.69) is 15.3 Å². The number of carboxylic acids is 1. The third-order valence-corrected chi connectivity index (χ3v) is 3.44. The van der Waals surface area contributed by atoms with Gasteiger partial charge in [0.15, 0.2) is 0 Å². The summed E-state index contributed by atoms with van der Waals surface area (Å²) in [5.74, 6) is -0.0693. The van der Waals surface area contributed by atoms with Crippen LogP contribution >= 0.6 is 0 Å². The van der Waals surface area contributed by atoms with Gasteiger partial charge in [-0.1, -0.05) is 0 Å². The van der Waals surface area contributed by atoms with Crippen molar-refractivity contribution in [2.24, 2.45) is 5.41 Å². The number of aliphatic carboxylic acids is 1. The van der Waals surface area contributed by atoms with E-state index in [0.717, 1.165) is 0 Å². The van der Waals surface area contributed by atoms with Crippen LogP contribution in [0.15, 0.2) is 12.3 Å². The highest BCUT2D eigenvalue weighted by molar-refractivity contribution is 5.76. The van der Waals surface area contributed by atoms with E-state index in [1.165, 1.54) is 0 Å². The molecule has 0 radical (unpaired) electrons. The molecule has 0 spiro atoms. The standard InChI is InChI=1S/C13H21N3O3/c1-6-19-9-7-8-14-11(15-9)16-13(4,5)12(2,3)10(17)18/h7-8H,6H2,1-5H3,(H,17,18)(H,14,15,16). The van der Waals surface area contributed by atoms with Crippen molar-refractivity contribution in [1.29, 1.82) is 0 Å². The molecule has 0 unspecified atom stereocenters. The van der Waals surface area contributed by atoms with Gasteiger partial charge < -0.3 is 15.2 Å². The van der Waals surface area contributed by atoms with E-state index in [-0.39, 0.29) is 0 Å². The summed E-state index contributed by atoms with van der Waals surface area (Å²) in [5, 5.41) is 12.3. The molecule has 6 heteroatoms. The molecule has 1 aromatic heterocycles. The predicted octanol–water partition coefficient (Wildman–Crippen LogP) is 2.18. The van der Waals surface area contributed by atoms with Gasteiger partial charge >= 0.3 is 5.97 Å². The maximum Gasteiger partial charge on any atom is 0.311 e. The number of nitrogens with one attached hydrogen (secondary N) is 1. The second kappa shape index (κ2) is 5.42. The number of nitrogens with zero attached hydrogens (tertiary/aromatic N) is 2. The Labute approximate surface area is 113 Å². The van der Waals surface area contributed by atoms with Gasteiger partial charge in [0.1, 0.15) is 0 Å². The largest absolute Gasteiger partial charge is 0.481 e. The van der Waals surface area contributed by atoms with E-state index in [1.807, 2.05) is 6.92 Å². The second-order valence-corrected chi connectivity index (χ2v) is 5.33. The highest BCUT2D eigenvalue weighted by Gasteiger charge is 2.44. The smallest absolute Gasteiger partial charge is 0.311 e. The summed E-state index contributed by atoms with van der Waals surface area (Å²) in [5.41, 5.74) is -1.69. The molecule has 19 heavy (non-hydrogen) atoms. The van der Waals surface area contributed by atoms with Crippen LogP contribution < -0.4 is 10.1 Å². The number of carboxylic acid groups (broad SMARTS) is 1. The number of ether oxygens (including phenoxy) is 1. The fraction of sp³-hybridized carbons (Fsp3) is 0.615. The molecule has 0 aromatic carbocycles. The third kappa shape index (κ3) is 3.33. The fourth-order valence-electron chi connectivity index (χ4n) is 1.33. The Morgan fingerprint density at radius 2 is 2.05 bits per heavy atom. The average molecular weight is 267 g/mol. The second-order valence-electron chi connectivity index (χ2n) is 5.33. The third-order valence-electron chi connectivity index (χ3n) is 3.44. The highest BCUT2D eigenvalue weighted by atomic mass is 16.5. The van der Waals surface area contributed by atoms with Crippen LogP contribution in [0.4, 0.5) is 5.95 Å². The van der Waals surface area contributed by atoms with E-state index in [0.29, 0.717) is 18.4 Å². The summed E-state index contributed by atoms with van der Waals surface area (Å²) >= 11 is 0. The zero-order valence-electron chi connectivity index (χ0n) is 12.0. The predicted molar refractivity (Wildman–Crippen MR) is 72.3 cm³/mol. The Hall–Kier alpha value is -1.85. The Morgan fingerprint density at radius 1 is 1.42 bits per heavy atom. The lowest BCUT2D eigenvalue weighted by Gasteiger charge is -2.38. The SMILES string of the molecule is CCOc1ccnc(NC(C)(C)C(C)(C)C(=O)O)n1. The average Bonchev–Trinajstić information content (AvgIpc) is 2.28. The normalized spacial score (nSPS) is 12.1. The van der Waals surface area contributed by atoms with Crippen LogP contribution in [0.5, 0.6) is 5.88 Å². The van der Waals surface area contributed by atoms with Crippen LogP contribution in [0.3, 0.4) is 0 Å². The summed E-state index contributed by atoms with van der Waals surface area (Å²) in [6.07, 6.45) is 1.57. The summed E-state index contributed by atoms with van der Waals surface area (Å²) in [6.45, 7) is 9.31. The minimum atomic E-state index is -0.974. The van der Waals surface area contributed by atoms with E-state index in [9.17, 15) is 9.90 Å². The summed E-state index contributed by atoms with van der Waals surface area (Å²) in [6, 6.07) is 1.66. The molecular weight excluding hydrogens is 246 g/mol. The Bertz CT molecular complexity index is 458. The zero-order chi connectivity index (χ0) is 14.7. The first kappa shape index (κ1) is 15.2. The van der Waals surface area contributed by atoms with Crippen LogP contribution in [0.1, 0.15) is 34.6 Å². The number of aromatic nitrogens is 2. The van der Waals surface area contributed by atoms with Gasteiger partial charge in [-0.15, -0.1) is 0 Å². The quantitative estimate of drug-likeness (QED) is 0.821. The minimum absolute atomic E-state index is 0.352. The molecule has 106 valence electrons. The van der Waals surface area contributed by atoms with E-state index >= 15 is 0 Å². The molecule has 1 aromatic rings. The fourth-order valence-corrected chi connectivity index (χ4v) is 1.33. The molecule has 1 rings (SSSR count). The lowest BCUT2D eigenvalue weighted by molar-refractivity contribution is -0.149. The van der Waals surface area contributed by atoms with Crippen molar-refractivity contribution in [2.45, 2.75) is 40.2 Å². The molecule has 0 aliphatic carbocycles. The maximum atomic E-state index is 11.3. The molecule has 1 heterocycles. The van der Waals surface area contributed by atoms with Crippen LogP contribution in [0, 0.1) is 5.41 Å². The van der Waals surface area contributed by atoms with Gasteiger partial charge in [0.25, 0.3) is 0 Å². The lowest BCUT2D eigenvalue weighted by Crippen LogP contribution is -2.50. The molecule has 2 N–H and O–H groups in total. The van der Waals surface area contributed by atoms with Gasteiger partial charge in [-0.05, 0) is 34.6 Å². The van der Waals surface area contributed by atoms with E-state index in [1.54, 1.807) is 40.0 Å². The number of hydrogen-bond donors (Lipinski definition) is 2. The molecule has 0 fully saturated rings. The van der Waals surface area contributed by atoms with Crippen molar-refractivity contribution in [3.05, 3.63) is 12.3 Å². The molecule has 0 bridgehead atoms. The first-order valence-electron chi connectivity index (χ1n) is 6.18. The van der Waals surface area contributed by atoms with Crippen molar-refractivity contribution in [3.8, 4) is 5.88 Å². The van der Waals surface area contributed by atoms with Gasteiger partial charge in [-0.2, -0.15) is 4.98 Å². The van der Waals surface area contributed by atoms with Crippen molar-refractivity contribution in [3.63, 3.8) is 0 Å². The minimum Gasteiger partial charge on any atom is -0.481 e. The topological polar surface area (TPSA) is 84.3 Å². The van der Waals surface area contributed by atoms with Gasteiger partial charge in [0.05, 0.1) is 17.6 Å². The Morgan fingerprint density at radius 3 is 2.58 bits per heavy atom. The lowest BCUT2D eigenvalue weighted by atomic mass is 9.74. The van der Waals surface area contributed by atoms with Crippen LogP contribution in [0.25, 0.3) is 0 Å². The summed E-state index contributed by atoms with van der Waals surface area (Å²) in [4.78, 5) is 19.6. The Balaban J connectivity index is 2.95. The highest BCUT2D eigenvalue weighted by Crippen LogP contribution is 2.33. The first-order valence-corrected chi connectivity index (χ1v) is 6.18. The molecular formula is C13H21N3O3. The van der Waals surface area contributed by atoms with Crippen LogP contribution in [-0.4, -0.2) is 33.2 Å². The van der Waals surface area contributed by atoms with E-state index in [4.69, 9.17) is 4.74 Å². The van der Waals surface area contributed by atoms with Gasteiger partial charge in [-0.3, -0.25) is 4.79 Å². The number of rotatable bonds is 6. The molecule has 0 amide bonds. The molecule has 0 saturated carbocycles. The number of hydrogen-bond acceptors (Lipinski definition) is 5. The van der Waals surface area contributed by atoms with Gasteiger partial charge in [0, 0.05) is 12.3 Å². The zero-order valence-corrected chi connectivity index (χ0v) is 12.0. The van der Waals surface area contributed by atoms with Crippen molar-refractivity contribution >= 4 is 11.9 Å². The van der Waals surface area contributed by atoms with Gasteiger partial charge in [0.2, 0.25) is 11.8 Å².